The summed E-state index contributed by atoms with van der Waals surface area (Å²) in [7, 11) is 0. The Morgan fingerprint density at radius 3 is 2.25 bits per heavy atom. The summed E-state index contributed by atoms with van der Waals surface area (Å²) >= 11 is 0. The molecule has 2 heteroatoms. The molecule has 0 aromatic heterocycles. The second kappa shape index (κ2) is 6.61. The Morgan fingerprint density at radius 1 is 1.00 bits per heavy atom. The molecule has 0 aromatic rings. The van der Waals surface area contributed by atoms with E-state index >= 15 is 0 Å². The predicted octanol–water partition coefficient (Wildman–Crippen LogP) is 2.88. The lowest BCUT2D eigenvalue weighted by Crippen LogP contribution is -2.40. The zero-order valence-electron chi connectivity index (χ0n) is 11.8. The number of hydrogen-bond donors (Lipinski definition) is 1. The van der Waals surface area contributed by atoms with Crippen LogP contribution >= 0.6 is 0 Å². The summed E-state index contributed by atoms with van der Waals surface area (Å²) in [5, 5.41) is 3.79. The van der Waals surface area contributed by atoms with Crippen LogP contribution in [0.5, 0.6) is 0 Å². The minimum atomic E-state index is 0.649. The summed E-state index contributed by atoms with van der Waals surface area (Å²) in [5.41, 5.74) is 0. The van der Waals surface area contributed by atoms with Gasteiger partial charge in [-0.2, -0.15) is 0 Å². The van der Waals surface area contributed by atoms with Crippen molar-refractivity contribution in [2.45, 2.75) is 72.0 Å². The minimum absolute atomic E-state index is 0.649. The lowest BCUT2D eigenvalue weighted by Gasteiger charge is -2.26. The van der Waals surface area contributed by atoms with Crippen LogP contribution in [-0.2, 0) is 0 Å². The minimum Gasteiger partial charge on any atom is -0.311 e. The highest BCUT2D eigenvalue weighted by molar-refractivity contribution is 4.79. The Balaban J connectivity index is 2.35. The first-order valence-electron chi connectivity index (χ1n) is 7.00. The van der Waals surface area contributed by atoms with Crippen molar-refractivity contribution in [2.24, 2.45) is 5.92 Å². The Kier molecular flexibility index (Phi) is 5.77. The monoisotopic (exact) mass is 226 g/mol. The van der Waals surface area contributed by atoms with E-state index in [-0.39, 0.29) is 0 Å². The lowest BCUT2D eigenvalue weighted by atomic mass is 10.0. The average Bonchev–Trinajstić information content (AvgIpc) is 2.43. The third-order valence-electron chi connectivity index (χ3n) is 3.99. The number of nitrogens with zero attached hydrogens (tertiary/aromatic N) is 1. The van der Waals surface area contributed by atoms with Gasteiger partial charge < -0.3 is 10.2 Å². The Labute approximate surface area is 102 Å². The van der Waals surface area contributed by atoms with Crippen LogP contribution < -0.4 is 5.32 Å². The lowest BCUT2D eigenvalue weighted by molar-refractivity contribution is 0.227. The number of hydrogen-bond acceptors (Lipinski definition) is 2. The largest absolute Gasteiger partial charge is 0.311 e. The molecule has 1 rings (SSSR count). The molecule has 0 saturated carbocycles. The van der Waals surface area contributed by atoms with Crippen molar-refractivity contribution in [3.05, 3.63) is 0 Å². The molecule has 2 unspecified atom stereocenters. The first-order valence-corrected chi connectivity index (χ1v) is 7.00. The summed E-state index contributed by atoms with van der Waals surface area (Å²) < 4.78 is 0. The van der Waals surface area contributed by atoms with Gasteiger partial charge >= 0.3 is 0 Å². The van der Waals surface area contributed by atoms with Crippen molar-refractivity contribution < 1.29 is 0 Å². The van der Waals surface area contributed by atoms with Gasteiger partial charge in [-0.15, -0.1) is 0 Å². The summed E-state index contributed by atoms with van der Waals surface area (Å²) in [4.78, 5) is 2.61. The molecule has 1 heterocycles. The number of nitrogens with one attached hydrogen (secondary N) is 1. The van der Waals surface area contributed by atoms with Crippen LogP contribution in [0.3, 0.4) is 0 Å². The highest BCUT2D eigenvalue weighted by atomic mass is 15.1. The molecule has 1 aliphatic rings. The molecule has 1 fully saturated rings. The van der Waals surface area contributed by atoms with Crippen molar-refractivity contribution in [1.82, 2.24) is 10.2 Å². The van der Waals surface area contributed by atoms with Gasteiger partial charge in [0.25, 0.3) is 0 Å². The quantitative estimate of drug-likeness (QED) is 0.793. The SMILES string of the molecule is CC(C)C(C)NC1CCCN(C(C)C)CC1. The zero-order chi connectivity index (χ0) is 12.1. The standard InChI is InChI=1S/C14H30N2/c1-11(2)13(5)15-14-7-6-9-16(10-8-14)12(3)4/h11-15H,6-10H2,1-5H3. The normalized spacial score (nSPS) is 26.1. The van der Waals surface area contributed by atoms with Gasteiger partial charge in [-0.05, 0) is 59.0 Å². The van der Waals surface area contributed by atoms with E-state index in [0.717, 1.165) is 12.0 Å². The van der Waals surface area contributed by atoms with E-state index < -0.39 is 0 Å². The predicted molar refractivity (Wildman–Crippen MR) is 71.8 cm³/mol. The maximum Gasteiger partial charge on any atom is 0.00823 e. The van der Waals surface area contributed by atoms with Crippen molar-refractivity contribution in [1.29, 1.82) is 0 Å². The van der Waals surface area contributed by atoms with Crippen LogP contribution in [0.4, 0.5) is 0 Å². The molecule has 0 bridgehead atoms. The maximum atomic E-state index is 3.79. The topological polar surface area (TPSA) is 15.3 Å². The molecule has 0 aliphatic carbocycles. The molecule has 0 spiro atoms. The molecule has 0 amide bonds. The first-order chi connectivity index (χ1) is 7.50. The molecule has 0 aromatic carbocycles. The van der Waals surface area contributed by atoms with Crippen LogP contribution in [0.25, 0.3) is 0 Å². The Bertz CT molecular complexity index is 189. The third-order valence-corrected chi connectivity index (χ3v) is 3.99. The van der Waals surface area contributed by atoms with Crippen molar-refractivity contribution in [3.63, 3.8) is 0 Å². The van der Waals surface area contributed by atoms with Crippen molar-refractivity contribution in [2.75, 3.05) is 13.1 Å². The van der Waals surface area contributed by atoms with Crippen LogP contribution in [0.1, 0.15) is 53.9 Å². The third kappa shape index (κ3) is 4.42. The van der Waals surface area contributed by atoms with Gasteiger partial charge in [0.15, 0.2) is 0 Å². The molecule has 16 heavy (non-hydrogen) atoms. The van der Waals surface area contributed by atoms with Gasteiger partial charge in [0.05, 0.1) is 0 Å². The van der Waals surface area contributed by atoms with E-state index in [1.807, 2.05) is 0 Å². The fourth-order valence-electron chi connectivity index (χ4n) is 2.37. The molecular weight excluding hydrogens is 196 g/mol. The molecule has 1 aliphatic heterocycles. The maximum absolute atomic E-state index is 3.79. The van der Waals surface area contributed by atoms with Crippen LogP contribution in [0.15, 0.2) is 0 Å². The van der Waals surface area contributed by atoms with Crippen molar-refractivity contribution >= 4 is 0 Å². The molecule has 1 N–H and O–H groups in total. The van der Waals surface area contributed by atoms with Crippen molar-refractivity contribution in [3.8, 4) is 0 Å². The highest BCUT2D eigenvalue weighted by Gasteiger charge is 2.20. The average molecular weight is 226 g/mol. The summed E-state index contributed by atoms with van der Waals surface area (Å²) in [5.74, 6) is 0.740. The van der Waals surface area contributed by atoms with Gasteiger partial charge in [-0.25, -0.2) is 0 Å². The van der Waals surface area contributed by atoms with E-state index in [0.29, 0.717) is 12.1 Å². The summed E-state index contributed by atoms with van der Waals surface area (Å²) in [6.45, 7) is 14.1. The molecule has 2 nitrogen and oxygen atoms in total. The van der Waals surface area contributed by atoms with Crippen LogP contribution in [0.2, 0.25) is 0 Å². The van der Waals surface area contributed by atoms with Crippen LogP contribution in [-0.4, -0.2) is 36.1 Å². The summed E-state index contributed by atoms with van der Waals surface area (Å²) in [6.07, 6.45) is 4.01. The van der Waals surface area contributed by atoms with Gasteiger partial charge in [-0.1, -0.05) is 13.8 Å². The van der Waals surface area contributed by atoms with E-state index in [9.17, 15) is 0 Å². The smallest absolute Gasteiger partial charge is 0.00823 e. The Morgan fingerprint density at radius 2 is 1.69 bits per heavy atom. The second-order valence-electron chi connectivity index (χ2n) is 5.96. The van der Waals surface area contributed by atoms with Gasteiger partial charge in [0.1, 0.15) is 0 Å². The number of rotatable bonds is 4. The summed E-state index contributed by atoms with van der Waals surface area (Å²) in [6, 6.07) is 2.10. The fourth-order valence-corrected chi connectivity index (χ4v) is 2.37. The van der Waals surface area contributed by atoms with E-state index in [2.05, 4.69) is 44.8 Å². The van der Waals surface area contributed by atoms with E-state index in [1.54, 1.807) is 0 Å². The van der Waals surface area contributed by atoms with E-state index in [4.69, 9.17) is 0 Å². The molecule has 0 radical (unpaired) electrons. The highest BCUT2D eigenvalue weighted by Crippen LogP contribution is 2.15. The molecule has 2 atom stereocenters. The molecular formula is C14H30N2. The van der Waals surface area contributed by atoms with Gasteiger partial charge in [0, 0.05) is 18.1 Å². The van der Waals surface area contributed by atoms with Crippen LogP contribution in [0, 0.1) is 5.92 Å². The van der Waals surface area contributed by atoms with Gasteiger partial charge in [-0.3, -0.25) is 0 Å². The number of likely N-dealkylation sites (tertiary alicyclic amines) is 1. The molecule has 1 saturated heterocycles. The fraction of sp³-hybridized carbons (Fsp3) is 1.00. The second-order valence-corrected chi connectivity index (χ2v) is 5.96. The zero-order valence-corrected chi connectivity index (χ0v) is 11.8. The van der Waals surface area contributed by atoms with Gasteiger partial charge in [0.2, 0.25) is 0 Å². The van der Waals surface area contributed by atoms with E-state index in [1.165, 1.54) is 32.4 Å². The molecule has 96 valence electrons. The Hall–Kier alpha value is -0.0800. The first kappa shape index (κ1) is 14.0.